The van der Waals surface area contributed by atoms with Crippen LogP contribution in [0.2, 0.25) is 0 Å². The Hall–Kier alpha value is -8.26. The van der Waals surface area contributed by atoms with Gasteiger partial charge in [-0.05, 0) is 152 Å². The van der Waals surface area contributed by atoms with Crippen LogP contribution in [0.1, 0.15) is 12.7 Å². The molecule has 0 aliphatic rings. The van der Waals surface area contributed by atoms with Crippen molar-refractivity contribution in [3.63, 3.8) is 0 Å². The van der Waals surface area contributed by atoms with E-state index in [0.29, 0.717) is 0 Å². The van der Waals surface area contributed by atoms with Crippen molar-refractivity contribution in [3.05, 3.63) is 236 Å². The van der Waals surface area contributed by atoms with E-state index in [2.05, 4.69) is 173 Å². The van der Waals surface area contributed by atoms with E-state index in [0.717, 1.165) is 90.6 Å². The molecule has 0 amide bonds. The first kappa shape index (κ1) is 38.3. The molecule has 0 radical (unpaired) electrons. The Bertz CT molecular complexity index is 2930. The van der Waals surface area contributed by atoms with Gasteiger partial charge in [0.05, 0.1) is 0 Å². The number of hydrogen-bond donors (Lipinski definition) is 0. The van der Waals surface area contributed by atoms with E-state index in [1.54, 1.807) is 6.08 Å². The minimum Gasteiger partial charge on any atom is -0.456 e. The molecule has 0 atom stereocenters. The summed E-state index contributed by atoms with van der Waals surface area (Å²) in [7, 11) is 0. The summed E-state index contributed by atoms with van der Waals surface area (Å²) < 4.78 is 12.5. The molecule has 2 aromatic heterocycles. The normalized spacial score (nSPS) is 11.4. The predicted octanol–water partition coefficient (Wildman–Crippen LogP) is 16.1. The van der Waals surface area contributed by atoms with Crippen molar-refractivity contribution in [1.82, 2.24) is 0 Å². The molecule has 0 N–H and O–H groups in total. The number of hydrogen-bond acceptors (Lipinski definition) is 4. The second kappa shape index (κ2) is 17.7. The maximum absolute atomic E-state index is 6.26. The number of nitrogens with zero attached hydrogens (tertiary/aromatic N) is 2. The van der Waals surface area contributed by atoms with Crippen LogP contribution >= 0.6 is 0 Å². The highest BCUT2D eigenvalue weighted by Crippen LogP contribution is 2.40. The van der Waals surface area contributed by atoms with Crippen LogP contribution in [0.5, 0.6) is 0 Å². The van der Waals surface area contributed by atoms with Gasteiger partial charge in [0.25, 0.3) is 0 Å². The molecular weight excluding hydrogens is 745 g/mol. The van der Waals surface area contributed by atoms with Crippen LogP contribution in [0.15, 0.2) is 239 Å². The molecule has 292 valence electrons. The molecule has 0 aliphatic heterocycles. The first-order valence-corrected chi connectivity index (χ1v) is 20.3. The predicted molar refractivity (Wildman–Crippen MR) is 254 cm³/mol. The summed E-state index contributed by atoms with van der Waals surface area (Å²) in [6, 6.07) is 73.7. The Morgan fingerprint density at radius 1 is 0.393 bits per heavy atom. The highest BCUT2D eigenvalue weighted by Gasteiger charge is 2.16. The molecule has 4 heteroatoms. The van der Waals surface area contributed by atoms with Gasteiger partial charge in [-0.25, -0.2) is 0 Å². The van der Waals surface area contributed by atoms with Gasteiger partial charge in [-0.3, -0.25) is 0 Å². The largest absolute Gasteiger partial charge is 0.456 e. The smallest absolute Gasteiger partial charge is 0.134 e. The van der Waals surface area contributed by atoms with E-state index in [-0.39, 0.29) is 0 Å². The average Bonchev–Trinajstić information content (AvgIpc) is 4.04. The number of furan rings is 2. The van der Waals surface area contributed by atoms with E-state index in [4.69, 9.17) is 15.3 Å². The molecule has 9 aromatic rings. The van der Waals surface area contributed by atoms with Crippen molar-refractivity contribution < 1.29 is 8.83 Å². The number of rotatable bonds is 12. The molecule has 2 heterocycles. The number of terminal acetylenes is 1. The van der Waals surface area contributed by atoms with Crippen LogP contribution in [0.3, 0.4) is 0 Å². The molecule has 9 rings (SSSR count). The van der Waals surface area contributed by atoms with Crippen molar-refractivity contribution in [2.75, 3.05) is 9.80 Å². The molecule has 7 aromatic carbocycles. The number of anilines is 6. The zero-order valence-corrected chi connectivity index (χ0v) is 33.7. The number of benzene rings is 7. The molecule has 0 spiro atoms. The van der Waals surface area contributed by atoms with Gasteiger partial charge >= 0.3 is 0 Å². The third kappa shape index (κ3) is 8.36. The van der Waals surface area contributed by atoms with Gasteiger partial charge in [0.15, 0.2) is 0 Å². The highest BCUT2D eigenvalue weighted by atomic mass is 16.3. The lowest BCUT2D eigenvalue weighted by atomic mass is 10.0. The molecule has 0 saturated carbocycles. The molecule has 0 fully saturated rings. The van der Waals surface area contributed by atoms with Gasteiger partial charge in [-0.1, -0.05) is 103 Å². The Morgan fingerprint density at radius 3 is 1.15 bits per heavy atom. The fourth-order valence-electron chi connectivity index (χ4n) is 7.56. The average molecular weight is 787 g/mol. The summed E-state index contributed by atoms with van der Waals surface area (Å²) in [6.45, 7) is 1.97. The van der Waals surface area contributed by atoms with Crippen LogP contribution < -0.4 is 9.80 Å². The maximum Gasteiger partial charge on any atom is 0.134 e. The molecule has 0 unspecified atom stereocenters. The Kier molecular flexibility index (Phi) is 11.1. The zero-order valence-electron chi connectivity index (χ0n) is 33.7. The van der Waals surface area contributed by atoms with E-state index in [9.17, 15) is 0 Å². The third-order valence-corrected chi connectivity index (χ3v) is 10.7. The van der Waals surface area contributed by atoms with E-state index < -0.39 is 0 Å². The second-order valence-corrected chi connectivity index (χ2v) is 14.5. The first-order chi connectivity index (χ1) is 30.1. The third-order valence-electron chi connectivity index (χ3n) is 10.7. The fourth-order valence-corrected chi connectivity index (χ4v) is 7.56. The summed E-state index contributed by atoms with van der Waals surface area (Å²) in [6.07, 6.45) is 11.0. The lowest BCUT2D eigenvalue weighted by Crippen LogP contribution is -2.10. The zero-order chi connectivity index (χ0) is 41.4. The van der Waals surface area contributed by atoms with Crippen LogP contribution in [0.4, 0.5) is 34.1 Å². The molecule has 4 nitrogen and oxygen atoms in total. The first-order valence-electron chi connectivity index (χ1n) is 20.3. The number of para-hydroxylation sites is 2. The van der Waals surface area contributed by atoms with Gasteiger partial charge in [0.2, 0.25) is 0 Å². The van der Waals surface area contributed by atoms with E-state index in [1.165, 1.54) is 0 Å². The van der Waals surface area contributed by atoms with Gasteiger partial charge < -0.3 is 18.6 Å². The van der Waals surface area contributed by atoms with E-state index in [1.807, 2.05) is 73.7 Å². The fraction of sp³-hybridized carbons (Fsp3) is 0.0175. The Labute approximate surface area is 357 Å². The van der Waals surface area contributed by atoms with Gasteiger partial charge in [0.1, 0.15) is 23.0 Å². The van der Waals surface area contributed by atoms with Crippen LogP contribution in [0.25, 0.3) is 50.7 Å². The standard InChI is InChI=1S/C57H42N2O2/c1-3-5-15-42(4-2)54-38-39-56(60-54)46-26-34-52(35-27-46)58(48-18-11-7-12-19-48)50-30-22-43(23-31-50)44-24-32-51(33-25-44)59(49-20-13-8-14-21-49)53-36-28-47(29-37-53)57-41-40-55(61-57)45-16-9-6-10-17-45/h1,4-41H,2H3/b15-5-,42-4+. The monoisotopic (exact) mass is 786 g/mol. The van der Waals surface area contributed by atoms with Crippen molar-refractivity contribution >= 4 is 39.7 Å². The van der Waals surface area contributed by atoms with Crippen LogP contribution in [0, 0.1) is 12.3 Å². The summed E-state index contributed by atoms with van der Waals surface area (Å²) in [5.74, 6) is 5.81. The Balaban J connectivity index is 0.958. The highest BCUT2D eigenvalue weighted by molar-refractivity contribution is 5.82. The molecule has 0 saturated heterocycles. The topological polar surface area (TPSA) is 32.8 Å². The van der Waals surface area contributed by atoms with Crippen LogP contribution in [-0.2, 0) is 0 Å². The summed E-state index contributed by atoms with van der Waals surface area (Å²) in [5, 5.41) is 0. The van der Waals surface area contributed by atoms with Crippen molar-refractivity contribution in [2.24, 2.45) is 0 Å². The van der Waals surface area contributed by atoms with Crippen LogP contribution in [-0.4, -0.2) is 0 Å². The minimum atomic E-state index is 0.775. The summed E-state index contributed by atoms with van der Waals surface area (Å²) in [4.78, 5) is 4.55. The van der Waals surface area contributed by atoms with E-state index >= 15 is 0 Å². The van der Waals surface area contributed by atoms with Gasteiger partial charge in [0, 0.05) is 56.4 Å². The molecule has 0 aliphatic carbocycles. The molecule has 0 bridgehead atoms. The molecular formula is C57H42N2O2. The Morgan fingerprint density at radius 2 is 0.738 bits per heavy atom. The van der Waals surface area contributed by atoms with Crippen molar-refractivity contribution in [2.45, 2.75) is 6.92 Å². The molecule has 61 heavy (non-hydrogen) atoms. The van der Waals surface area contributed by atoms with Gasteiger partial charge in [-0.2, -0.15) is 0 Å². The van der Waals surface area contributed by atoms with Crippen molar-refractivity contribution in [1.29, 1.82) is 0 Å². The summed E-state index contributed by atoms with van der Waals surface area (Å²) >= 11 is 0. The quantitative estimate of drug-likeness (QED) is 0.0912. The van der Waals surface area contributed by atoms with Crippen molar-refractivity contribution in [3.8, 4) is 57.4 Å². The lowest BCUT2D eigenvalue weighted by Gasteiger charge is -2.26. The van der Waals surface area contributed by atoms with Gasteiger partial charge in [-0.15, -0.1) is 6.42 Å². The minimum absolute atomic E-state index is 0.775. The second-order valence-electron chi connectivity index (χ2n) is 14.5. The lowest BCUT2D eigenvalue weighted by molar-refractivity contribution is 0.569. The maximum atomic E-state index is 6.26. The summed E-state index contributed by atoms with van der Waals surface area (Å²) in [5.41, 5.74) is 12.7. The SMILES string of the molecule is C#C/C=C\C(=C/C)c1ccc(-c2ccc(N(c3ccccc3)c3ccc(-c4ccc(N(c5ccccc5)c5ccc(-c6ccc(-c7ccccc7)o6)cc5)cc4)cc3)cc2)o1. The number of allylic oxidation sites excluding steroid dienone is 4.